The lowest BCUT2D eigenvalue weighted by molar-refractivity contribution is -0.172. The molecule has 0 saturated heterocycles. The fraction of sp³-hybridized carbons (Fsp3) is 0.615. The van der Waals surface area contributed by atoms with Crippen LogP contribution in [0.3, 0.4) is 0 Å². The Balaban J connectivity index is 2.50. The summed E-state index contributed by atoms with van der Waals surface area (Å²) in [6.07, 6.45) is -1.05. The van der Waals surface area contributed by atoms with Gasteiger partial charge >= 0.3 is 8.69 Å². The Bertz CT molecular complexity index is 752. The summed E-state index contributed by atoms with van der Waals surface area (Å²) >= 11 is 0. The molecule has 4 N–H and O–H groups in total. The molecular formula is C13H21N6O5P. The molecule has 2 heterocycles. The second-order valence-electron chi connectivity index (χ2n) is 5.77. The largest absolute Gasteiger partial charge is 0.385 e. The highest BCUT2D eigenvalue weighted by molar-refractivity contribution is 7.17. The Morgan fingerprint density at radius 3 is 2.72 bits per heavy atom. The minimum atomic E-state index is -1.86. The summed E-state index contributed by atoms with van der Waals surface area (Å²) in [6, 6.07) is 0. The fourth-order valence-corrected chi connectivity index (χ4v) is 2.64. The molecule has 0 radical (unpaired) electrons. The normalized spacial score (nSPS) is 16.7. The van der Waals surface area contributed by atoms with Gasteiger partial charge in [-0.3, -0.25) is 9.09 Å². The van der Waals surface area contributed by atoms with E-state index in [9.17, 15) is 14.8 Å². The lowest BCUT2D eigenvalue weighted by Crippen LogP contribution is -2.50. The van der Waals surface area contributed by atoms with Gasteiger partial charge < -0.3 is 25.6 Å². The van der Waals surface area contributed by atoms with E-state index in [1.165, 1.54) is 24.9 Å². The quantitative estimate of drug-likeness (QED) is 0.529. The first kappa shape index (κ1) is 19.4. The van der Waals surface area contributed by atoms with E-state index in [0.29, 0.717) is 11.3 Å². The van der Waals surface area contributed by atoms with E-state index in [-0.39, 0.29) is 18.2 Å². The van der Waals surface area contributed by atoms with E-state index in [0.717, 1.165) is 0 Å². The van der Waals surface area contributed by atoms with Gasteiger partial charge in [0, 0.05) is 21.2 Å². The second kappa shape index (κ2) is 7.54. The van der Waals surface area contributed by atoms with Gasteiger partial charge in [0.25, 0.3) is 0 Å². The van der Waals surface area contributed by atoms with Crippen molar-refractivity contribution in [1.29, 1.82) is 0 Å². The van der Waals surface area contributed by atoms with Gasteiger partial charge in [0.2, 0.25) is 5.95 Å². The van der Waals surface area contributed by atoms with Crippen molar-refractivity contribution in [3.8, 4) is 0 Å². The maximum absolute atomic E-state index is 10.9. The van der Waals surface area contributed by atoms with Crippen molar-refractivity contribution in [1.82, 2.24) is 19.5 Å². The molecule has 25 heavy (non-hydrogen) atoms. The highest BCUT2D eigenvalue weighted by atomic mass is 31.1. The summed E-state index contributed by atoms with van der Waals surface area (Å²) in [5.41, 5.74) is 4.55. The monoisotopic (exact) mass is 372 g/mol. The summed E-state index contributed by atoms with van der Waals surface area (Å²) in [7, 11) is 4.33. The van der Waals surface area contributed by atoms with Gasteiger partial charge in [-0.15, -0.1) is 0 Å². The van der Waals surface area contributed by atoms with Gasteiger partial charge in [-0.2, -0.15) is 9.97 Å². The van der Waals surface area contributed by atoms with Gasteiger partial charge in [-0.25, -0.2) is 9.55 Å². The maximum Gasteiger partial charge on any atom is 0.327 e. The van der Waals surface area contributed by atoms with Gasteiger partial charge in [0.1, 0.15) is 12.2 Å². The highest BCUT2D eigenvalue weighted by Crippen LogP contribution is 2.29. The highest BCUT2D eigenvalue weighted by Gasteiger charge is 2.40. The van der Waals surface area contributed by atoms with Crippen LogP contribution in [0.5, 0.6) is 0 Å². The van der Waals surface area contributed by atoms with Crippen molar-refractivity contribution < 1.29 is 24.0 Å². The average molecular weight is 372 g/mol. The number of nitrogen functional groups attached to an aromatic ring is 1. The number of nitrogens with two attached hydrogens (primary N) is 1. The number of ether oxygens (including phenoxy) is 1. The number of hydrogen-bond donors (Lipinski definition) is 3. The van der Waals surface area contributed by atoms with Gasteiger partial charge in [0.15, 0.2) is 22.7 Å². The molecule has 0 fully saturated rings. The lowest BCUT2D eigenvalue weighted by atomic mass is 10.0. The molecule has 2 aromatic heterocycles. The second-order valence-corrected chi connectivity index (χ2v) is 6.18. The molecule has 2 aromatic rings. The molecular weight excluding hydrogens is 351 g/mol. The molecule has 0 aromatic carbocycles. The number of anilines is 2. The summed E-state index contributed by atoms with van der Waals surface area (Å²) in [6.45, 7) is 1.18. The van der Waals surface area contributed by atoms with Crippen LogP contribution in [0.25, 0.3) is 11.2 Å². The first-order valence-electron chi connectivity index (χ1n) is 7.30. The molecule has 12 heteroatoms. The summed E-state index contributed by atoms with van der Waals surface area (Å²) < 4.78 is 21.6. The van der Waals surface area contributed by atoms with Crippen LogP contribution in [0.4, 0.5) is 11.8 Å². The van der Waals surface area contributed by atoms with E-state index in [2.05, 4.69) is 15.0 Å². The van der Waals surface area contributed by atoms with Gasteiger partial charge in [-0.1, -0.05) is 0 Å². The van der Waals surface area contributed by atoms with Crippen molar-refractivity contribution in [3.05, 3.63) is 6.33 Å². The van der Waals surface area contributed by atoms with E-state index in [1.807, 2.05) is 0 Å². The molecule has 0 aliphatic heterocycles. The average Bonchev–Trinajstić information content (AvgIpc) is 2.98. The third kappa shape index (κ3) is 3.70. The third-order valence-corrected chi connectivity index (χ3v) is 4.07. The summed E-state index contributed by atoms with van der Waals surface area (Å²) in [5.74, 6) is 0.475. The molecule has 2 rings (SSSR count). The van der Waals surface area contributed by atoms with Crippen molar-refractivity contribution in [2.24, 2.45) is 0 Å². The Kier molecular flexibility index (Phi) is 5.86. The van der Waals surface area contributed by atoms with Crippen LogP contribution in [0.2, 0.25) is 0 Å². The summed E-state index contributed by atoms with van der Waals surface area (Å²) in [4.78, 5) is 14.2. The van der Waals surface area contributed by atoms with Crippen LogP contribution in [0.15, 0.2) is 6.33 Å². The number of aliphatic hydroxyl groups excluding tert-OH is 1. The molecule has 0 amide bonds. The zero-order chi connectivity index (χ0) is 18.8. The van der Waals surface area contributed by atoms with Gasteiger partial charge in [-0.05, 0) is 6.92 Å². The molecule has 1 unspecified atom stereocenters. The number of methoxy groups -OCH3 is 1. The number of hydrogen-bond acceptors (Lipinski definition) is 10. The zero-order valence-corrected chi connectivity index (χ0v) is 15.2. The molecule has 0 aliphatic rings. The minimum Gasteiger partial charge on any atom is -0.385 e. The minimum absolute atomic E-state index is 0.0000181. The number of imidazole rings is 1. The zero-order valence-electron chi connectivity index (χ0n) is 14.3. The van der Waals surface area contributed by atoms with Crippen LogP contribution >= 0.6 is 8.69 Å². The Labute approximate surface area is 145 Å². The summed E-state index contributed by atoms with van der Waals surface area (Å²) in [5, 5.41) is 21.5. The van der Waals surface area contributed by atoms with Crippen molar-refractivity contribution in [2.45, 2.75) is 24.9 Å². The molecule has 0 saturated carbocycles. The number of rotatable bonds is 8. The molecule has 0 aliphatic carbocycles. The van der Waals surface area contributed by atoms with E-state index in [4.69, 9.17) is 15.0 Å². The molecule has 0 spiro atoms. The van der Waals surface area contributed by atoms with Crippen LogP contribution in [0, 0.1) is 0 Å². The number of aliphatic hydroxyl groups is 2. The molecule has 138 valence electrons. The molecule has 3 atom stereocenters. The molecule has 11 nitrogen and oxygen atoms in total. The SMILES string of the molecule is CO[C@H](COP=O)C(O)[C@@](C)(O)n1cnc2c(N(C)C)nc(N)nc21. The lowest BCUT2D eigenvalue weighted by Gasteiger charge is -2.34. The van der Waals surface area contributed by atoms with Crippen molar-refractivity contribution in [3.63, 3.8) is 0 Å². The standard InChI is InChI=1S/C13H21N6O5P/c1-13(21,9(20)7(23-4)5-24-25-22)19-6-15-8-10(18(2)3)16-12(14)17-11(8)19/h6-7,9,20-21H,5H2,1-4H3,(H2,14,16,17)/t7-,9?,13-/m1/s1. The number of aromatic nitrogens is 4. The first-order valence-corrected chi connectivity index (χ1v) is 8.03. The topological polar surface area (TPSA) is 149 Å². The Morgan fingerprint density at radius 2 is 2.16 bits per heavy atom. The number of nitrogens with zero attached hydrogens (tertiary/aromatic N) is 5. The van der Waals surface area contributed by atoms with Crippen molar-refractivity contribution >= 4 is 31.6 Å². The Hall–Kier alpha value is -1.91. The molecule has 0 bridgehead atoms. The smallest absolute Gasteiger partial charge is 0.327 e. The number of fused-ring (bicyclic) bond motifs is 1. The van der Waals surface area contributed by atoms with E-state index >= 15 is 0 Å². The van der Waals surface area contributed by atoms with Crippen LogP contribution < -0.4 is 10.6 Å². The van der Waals surface area contributed by atoms with Crippen molar-refractivity contribution in [2.75, 3.05) is 38.4 Å². The predicted octanol–water partition coefficient (Wildman–Crippen LogP) is -0.261. The van der Waals surface area contributed by atoms with Crippen LogP contribution in [0.1, 0.15) is 6.92 Å². The van der Waals surface area contributed by atoms with E-state index in [1.54, 1.807) is 19.0 Å². The van der Waals surface area contributed by atoms with E-state index < -0.39 is 26.6 Å². The Morgan fingerprint density at radius 1 is 1.48 bits per heavy atom. The van der Waals surface area contributed by atoms with Crippen LogP contribution in [-0.2, 0) is 19.6 Å². The van der Waals surface area contributed by atoms with Gasteiger partial charge in [0.05, 0.1) is 12.9 Å². The van der Waals surface area contributed by atoms with Crippen LogP contribution in [-0.4, -0.2) is 69.8 Å². The maximum atomic E-state index is 10.9. The predicted molar refractivity (Wildman–Crippen MR) is 90.3 cm³/mol. The third-order valence-electron chi connectivity index (χ3n) is 3.81. The fourth-order valence-electron chi connectivity index (χ4n) is 2.43. The first-order chi connectivity index (χ1) is 11.7.